The first kappa shape index (κ1) is 25.2. The van der Waals surface area contributed by atoms with Crippen molar-refractivity contribution in [3.8, 4) is 0 Å². The van der Waals surface area contributed by atoms with Gasteiger partial charge in [0.05, 0.1) is 21.7 Å². The predicted octanol–water partition coefficient (Wildman–Crippen LogP) is 5.53. The van der Waals surface area contributed by atoms with Crippen molar-refractivity contribution in [3.63, 3.8) is 0 Å². The van der Waals surface area contributed by atoms with Gasteiger partial charge in [-0.05, 0) is 66.6 Å². The fourth-order valence-electron chi connectivity index (χ4n) is 3.79. The highest BCUT2D eigenvalue weighted by atomic mass is 35.5. The Morgan fingerprint density at radius 1 is 1.03 bits per heavy atom. The van der Waals surface area contributed by atoms with Gasteiger partial charge < -0.3 is 0 Å². The minimum absolute atomic E-state index is 0.156. The quantitative estimate of drug-likeness (QED) is 0.300. The van der Waals surface area contributed by atoms with Crippen molar-refractivity contribution in [2.24, 2.45) is 0 Å². The number of benzene rings is 2. The lowest BCUT2D eigenvalue weighted by Gasteiger charge is -2.21. The van der Waals surface area contributed by atoms with Gasteiger partial charge in [0.2, 0.25) is 10.0 Å². The van der Waals surface area contributed by atoms with Crippen LogP contribution in [0.2, 0.25) is 5.02 Å². The molecule has 4 rings (SSSR count). The van der Waals surface area contributed by atoms with Crippen LogP contribution in [0.15, 0.2) is 65.8 Å². The third-order valence-electron chi connectivity index (χ3n) is 5.65. The largest absolute Gasteiger partial charge is 0.279 e. The molecule has 2 heterocycles. The van der Waals surface area contributed by atoms with Crippen LogP contribution in [0.1, 0.15) is 35.3 Å². The molecule has 0 spiro atoms. The van der Waals surface area contributed by atoms with E-state index in [0.29, 0.717) is 28.8 Å². The van der Waals surface area contributed by atoms with E-state index in [1.165, 1.54) is 27.8 Å². The van der Waals surface area contributed by atoms with Gasteiger partial charge in [0, 0.05) is 36.1 Å². The summed E-state index contributed by atoms with van der Waals surface area (Å²) < 4.78 is 27.9. The Morgan fingerprint density at radius 3 is 2.31 bits per heavy atom. The molecule has 35 heavy (non-hydrogen) atoms. The van der Waals surface area contributed by atoms with E-state index in [0.717, 1.165) is 21.3 Å². The van der Waals surface area contributed by atoms with Crippen LogP contribution in [-0.2, 0) is 16.6 Å². The number of rotatable bonds is 8. The topological polar surface area (TPSA) is 83.5 Å². The van der Waals surface area contributed by atoms with E-state index < -0.39 is 10.0 Å². The number of aromatic nitrogens is 2. The maximum Gasteiger partial charge on any atom is 0.260 e. The first-order chi connectivity index (χ1) is 16.7. The molecule has 7 nitrogen and oxygen atoms in total. The Morgan fingerprint density at radius 2 is 1.69 bits per heavy atom. The van der Waals surface area contributed by atoms with Gasteiger partial charge in [-0.3, -0.25) is 14.7 Å². The average Bonchev–Trinajstić information content (AvgIpc) is 3.27. The van der Waals surface area contributed by atoms with Crippen LogP contribution in [0, 0.1) is 6.92 Å². The van der Waals surface area contributed by atoms with Gasteiger partial charge in [0.15, 0.2) is 5.13 Å². The summed E-state index contributed by atoms with van der Waals surface area (Å²) in [5, 5.41) is 1.15. The zero-order valence-electron chi connectivity index (χ0n) is 19.6. The van der Waals surface area contributed by atoms with Crippen molar-refractivity contribution in [2.45, 2.75) is 32.2 Å². The van der Waals surface area contributed by atoms with Crippen LogP contribution in [-0.4, -0.2) is 41.7 Å². The van der Waals surface area contributed by atoms with Gasteiger partial charge in [-0.15, -0.1) is 0 Å². The molecular weight excluding hydrogens is 504 g/mol. The number of carbonyl (C=O) groups is 1. The molecule has 0 saturated heterocycles. The summed E-state index contributed by atoms with van der Waals surface area (Å²) in [7, 11) is -3.61. The fourth-order valence-corrected chi connectivity index (χ4v) is 6.67. The molecule has 2 aromatic carbocycles. The molecule has 182 valence electrons. The Kier molecular flexibility index (Phi) is 7.51. The van der Waals surface area contributed by atoms with Crippen molar-refractivity contribution in [2.75, 3.05) is 18.0 Å². The van der Waals surface area contributed by atoms with Gasteiger partial charge in [0.1, 0.15) is 0 Å². The van der Waals surface area contributed by atoms with E-state index in [1.54, 1.807) is 43.3 Å². The number of nitrogens with zero attached hydrogens (tertiary/aromatic N) is 4. The minimum Gasteiger partial charge on any atom is -0.279 e. The number of hydrogen-bond acceptors (Lipinski definition) is 6. The lowest BCUT2D eigenvalue weighted by Crippen LogP contribution is -2.31. The van der Waals surface area contributed by atoms with Gasteiger partial charge in [-0.1, -0.05) is 36.8 Å². The summed E-state index contributed by atoms with van der Waals surface area (Å²) in [4.78, 5) is 24.2. The van der Waals surface area contributed by atoms with E-state index in [9.17, 15) is 13.2 Å². The van der Waals surface area contributed by atoms with Crippen LogP contribution < -0.4 is 4.90 Å². The maximum atomic E-state index is 13.7. The molecule has 0 aliphatic heterocycles. The number of aryl methyl sites for hydroxylation is 1. The molecule has 0 fully saturated rings. The smallest absolute Gasteiger partial charge is 0.260 e. The second-order valence-electron chi connectivity index (χ2n) is 7.93. The number of carbonyl (C=O) groups excluding carboxylic acids is 1. The first-order valence-electron chi connectivity index (χ1n) is 11.1. The number of hydrogen-bond donors (Lipinski definition) is 0. The van der Waals surface area contributed by atoms with Crippen molar-refractivity contribution < 1.29 is 13.2 Å². The SMILES string of the molecule is CCN(CC)S(=O)(=O)c1ccc(C(=O)N(Cc2ccncc2)c2nc3c(C)cc(Cl)cc3s2)cc1. The molecule has 0 aliphatic carbocycles. The van der Waals surface area contributed by atoms with Crippen molar-refractivity contribution >= 4 is 54.2 Å². The number of pyridine rings is 1. The molecule has 0 aliphatic rings. The van der Waals surface area contributed by atoms with Crippen molar-refractivity contribution in [1.82, 2.24) is 14.3 Å². The molecule has 0 saturated carbocycles. The number of halogens is 1. The lowest BCUT2D eigenvalue weighted by molar-refractivity contribution is 0.0985. The van der Waals surface area contributed by atoms with E-state index in [4.69, 9.17) is 16.6 Å². The van der Waals surface area contributed by atoms with E-state index >= 15 is 0 Å². The highest BCUT2D eigenvalue weighted by molar-refractivity contribution is 7.89. The predicted molar refractivity (Wildman–Crippen MR) is 141 cm³/mol. The van der Waals surface area contributed by atoms with E-state index in [1.807, 2.05) is 31.2 Å². The van der Waals surface area contributed by atoms with Crippen LogP contribution in [0.4, 0.5) is 5.13 Å². The third-order valence-corrected chi connectivity index (χ3v) is 8.96. The fraction of sp³-hybridized carbons (Fsp3) is 0.240. The summed E-state index contributed by atoms with van der Waals surface area (Å²) in [5.41, 5.74) is 2.98. The van der Waals surface area contributed by atoms with Gasteiger partial charge in [-0.2, -0.15) is 4.31 Å². The Bertz CT molecular complexity index is 1450. The molecule has 0 bridgehead atoms. The van der Waals surface area contributed by atoms with Crippen LogP contribution in [0.5, 0.6) is 0 Å². The summed E-state index contributed by atoms with van der Waals surface area (Å²) in [5.74, 6) is -0.281. The number of anilines is 1. The summed E-state index contributed by atoms with van der Waals surface area (Å²) in [6.45, 7) is 6.56. The van der Waals surface area contributed by atoms with Crippen molar-refractivity contribution in [3.05, 3.63) is 82.6 Å². The molecule has 0 radical (unpaired) electrons. The first-order valence-corrected chi connectivity index (χ1v) is 13.8. The monoisotopic (exact) mass is 528 g/mol. The molecule has 10 heteroatoms. The Balaban J connectivity index is 1.73. The van der Waals surface area contributed by atoms with Crippen LogP contribution in [0.25, 0.3) is 10.2 Å². The zero-order chi connectivity index (χ0) is 25.2. The minimum atomic E-state index is -3.61. The van der Waals surface area contributed by atoms with E-state index in [-0.39, 0.29) is 17.3 Å². The maximum absolute atomic E-state index is 13.7. The standard InChI is InChI=1S/C25H25ClN4O3S2/c1-4-29(5-2)35(32,33)21-8-6-19(7-9-21)24(31)30(16-18-10-12-27-13-11-18)25-28-23-17(3)14-20(26)15-22(23)34-25/h6-15H,4-5,16H2,1-3H3. The van der Waals surface area contributed by atoms with Crippen LogP contribution >= 0.6 is 22.9 Å². The molecule has 1 amide bonds. The second kappa shape index (κ2) is 10.4. The number of sulfonamides is 1. The van der Waals surface area contributed by atoms with Gasteiger partial charge >= 0.3 is 0 Å². The lowest BCUT2D eigenvalue weighted by atomic mass is 10.2. The Hall–Kier alpha value is -2.85. The molecule has 2 aromatic heterocycles. The Labute approximate surface area is 214 Å². The van der Waals surface area contributed by atoms with Gasteiger partial charge in [-0.25, -0.2) is 13.4 Å². The zero-order valence-corrected chi connectivity index (χ0v) is 22.0. The summed E-state index contributed by atoms with van der Waals surface area (Å²) in [6.07, 6.45) is 3.35. The number of thiazole rings is 1. The highest BCUT2D eigenvalue weighted by Crippen LogP contribution is 2.34. The summed E-state index contributed by atoms with van der Waals surface area (Å²) >= 11 is 7.62. The number of amides is 1. The van der Waals surface area contributed by atoms with Crippen molar-refractivity contribution in [1.29, 1.82) is 0 Å². The molecular formula is C25H25ClN4O3S2. The summed E-state index contributed by atoms with van der Waals surface area (Å²) in [6, 6.07) is 13.4. The molecule has 0 N–H and O–H groups in total. The average molecular weight is 529 g/mol. The molecule has 4 aromatic rings. The van der Waals surface area contributed by atoms with Gasteiger partial charge in [0.25, 0.3) is 5.91 Å². The normalized spacial score (nSPS) is 11.8. The third kappa shape index (κ3) is 5.23. The number of fused-ring (bicyclic) bond motifs is 1. The van der Waals surface area contributed by atoms with Crippen LogP contribution in [0.3, 0.4) is 0 Å². The highest BCUT2D eigenvalue weighted by Gasteiger charge is 2.25. The second-order valence-corrected chi connectivity index (χ2v) is 11.3. The molecule has 0 atom stereocenters. The molecule has 0 unspecified atom stereocenters. The van der Waals surface area contributed by atoms with E-state index in [2.05, 4.69) is 4.98 Å².